The van der Waals surface area contributed by atoms with Gasteiger partial charge in [0.25, 0.3) is 0 Å². The third-order valence-electron chi connectivity index (χ3n) is 1.80. The Morgan fingerprint density at radius 1 is 1.08 bits per heavy atom. The lowest BCUT2D eigenvalue weighted by Crippen LogP contribution is -1.86. The van der Waals surface area contributed by atoms with Crippen LogP contribution in [0.1, 0.15) is 44.7 Å². The molecule has 0 saturated carbocycles. The van der Waals surface area contributed by atoms with Gasteiger partial charge in [-0.05, 0) is 17.0 Å². The summed E-state index contributed by atoms with van der Waals surface area (Å²) in [4.78, 5) is 0. The SMILES string of the molecule is CC.CC(C)c1ccc(CF)cc1. The molecule has 0 aliphatic heterocycles. The number of alkyl halides is 1. The Kier molecular flexibility index (Phi) is 6.21. The van der Waals surface area contributed by atoms with Gasteiger partial charge in [-0.3, -0.25) is 0 Å². The van der Waals surface area contributed by atoms with E-state index >= 15 is 0 Å². The third-order valence-corrected chi connectivity index (χ3v) is 1.80. The van der Waals surface area contributed by atoms with Crippen molar-refractivity contribution in [1.82, 2.24) is 0 Å². The summed E-state index contributed by atoms with van der Waals surface area (Å²) >= 11 is 0. The average molecular weight is 182 g/mol. The van der Waals surface area contributed by atoms with E-state index in [1.165, 1.54) is 5.56 Å². The molecule has 0 saturated heterocycles. The predicted octanol–water partition coefficient (Wildman–Crippen LogP) is 4.31. The molecule has 0 atom stereocenters. The molecule has 1 aromatic carbocycles. The van der Waals surface area contributed by atoms with Gasteiger partial charge in [0.1, 0.15) is 6.67 Å². The van der Waals surface area contributed by atoms with Crippen LogP contribution in [-0.2, 0) is 6.67 Å². The average Bonchev–Trinajstić information content (AvgIpc) is 2.21. The molecule has 0 nitrogen and oxygen atoms in total. The number of halogens is 1. The zero-order valence-electron chi connectivity index (χ0n) is 8.97. The van der Waals surface area contributed by atoms with E-state index in [1.54, 1.807) is 0 Å². The molecular formula is C12H19F. The molecule has 0 spiro atoms. The first-order chi connectivity index (χ1) is 6.24. The van der Waals surface area contributed by atoms with Crippen LogP contribution in [0, 0.1) is 0 Å². The Morgan fingerprint density at radius 2 is 1.54 bits per heavy atom. The summed E-state index contributed by atoms with van der Waals surface area (Å²) in [5.74, 6) is 0.531. The van der Waals surface area contributed by atoms with Crippen LogP contribution in [0.25, 0.3) is 0 Å². The molecule has 0 bridgehead atoms. The Balaban J connectivity index is 0.000000671. The second-order valence-corrected chi connectivity index (χ2v) is 3.03. The third kappa shape index (κ3) is 4.07. The van der Waals surface area contributed by atoms with Crippen LogP contribution in [0.3, 0.4) is 0 Å². The summed E-state index contributed by atoms with van der Waals surface area (Å²) in [5, 5.41) is 0. The highest BCUT2D eigenvalue weighted by Crippen LogP contribution is 2.14. The first-order valence-corrected chi connectivity index (χ1v) is 4.89. The minimum Gasteiger partial charge on any atom is -0.246 e. The number of benzene rings is 1. The van der Waals surface area contributed by atoms with Crippen molar-refractivity contribution in [3.8, 4) is 0 Å². The smallest absolute Gasteiger partial charge is 0.115 e. The van der Waals surface area contributed by atoms with Gasteiger partial charge in [-0.2, -0.15) is 0 Å². The monoisotopic (exact) mass is 182 g/mol. The van der Waals surface area contributed by atoms with Gasteiger partial charge in [0, 0.05) is 0 Å². The normalized spacial score (nSPS) is 9.38. The maximum absolute atomic E-state index is 12.1. The molecule has 0 radical (unpaired) electrons. The second-order valence-electron chi connectivity index (χ2n) is 3.03. The van der Waals surface area contributed by atoms with Crippen molar-refractivity contribution in [2.75, 3.05) is 0 Å². The molecule has 0 N–H and O–H groups in total. The van der Waals surface area contributed by atoms with Crippen LogP contribution in [-0.4, -0.2) is 0 Å². The van der Waals surface area contributed by atoms with E-state index < -0.39 is 0 Å². The van der Waals surface area contributed by atoms with Gasteiger partial charge in [-0.1, -0.05) is 52.0 Å². The quantitative estimate of drug-likeness (QED) is 0.639. The topological polar surface area (TPSA) is 0 Å². The van der Waals surface area contributed by atoms with Gasteiger partial charge in [-0.25, -0.2) is 4.39 Å². The van der Waals surface area contributed by atoms with Crippen molar-refractivity contribution in [2.45, 2.75) is 40.3 Å². The van der Waals surface area contributed by atoms with Crippen LogP contribution >= 0.6 is 0 Å². The molecular weight excluding hydrogens is 163 g/mol. The number of hydrogen-bond acceptors (Lipinski definition) is 0. The number of rotatable bonds is 2. The van der Waals surface area contributed by atoms with Gasteiger partial charge < -0.3 is 0 Å². The van der Waals surface area contributed by atoms with E-state index in [2.05, 4.69) is 13.8 Å². The van der Waals surface area contributed by atoms with E-state index in [1.807, 2.05) is 38.1 Å². The minimum atomic E-state index is -0.363. The van der Waals surface area contributed by atoms with Gasteiger partial charge in [0.05, 0.1) is 0 Å². The molecule has 0 aliphatic carbocycles. The van der Waals surface area contributed by atoms with E-state index in [0.717, 1.165) is 5.56 Å². The van der Waals surface area contributed by atoms with Crippen LogP contribution in [0.15, 0.2) is 24.3 Å². The summed E-state index contributed by atoms with van der Waals surface area (Å²) in [5.41, 5.74) is 2.02. The number of hydrogen-bond donors (Lipinski definition) is 0. The fourth-order valence-electron chi connectivity index (χ4n) is 0.992. The van der Waals surface area contributed by atoms with Gasteiger partial charge in [0.2, 0.25) is 0 Å². The summed E-state index contributed by atoms with van der Waals surface area (Å²) < 4.78 is 12.1. The van der Waals surface area contributed by atoms with E-state index in [4.69, 9.17) is 0 Å². The summed E-state index contributed by atoms with van der Waals surface area (Å²) in [6.07, 6.45) is 0. The molecule has 0 unspecified atom stereocenters. The fourth-order valence-corrected chi connectivity index (χ4v) is 0.992. The van der Waals surface area contributed by atoms with Crippen molar-refractivity contribution in [3.05, 3.63) is 35.4 Å². The van der Waals surface area contributed by atoms with Crippen molar-refractivity contribution >= 4 is 0 Å². The van der Waals surface area contributed by atoms with Gasteiger partial charge >= 0.3 is 0 Å². The highest BCUT2D eigenvalue weighted by Gasteiger charge is 1.97. The lowest BCUT2D eigenvalue weighted by Gasteiger charge is -2.04. The van der Waals surface area contributed by atoms with Crippen molar-refractivity contribution in [2.24, 2.45) is 0 Å². The molecule has 74 valence electrons. The Morgan fingerprint density at radius 3 is 1.85 bits per heavy atom. The zero-order valence-corrected chi connectivity index (χ0v) is 8.97. The van der Waals surface area contributed by atoms with Crippen molar-refractivity contribution < 1.29 is 4.39 Å². The van der Waals surface area contributed by atoms with Gasteiger partial charge in [-0.15, -0.1) is 0 Å². The largest absolute Gasteiger partial charge is 0.246 e. The molecule has 0 aliphatic rings. The molecule has 0 fully saturated rings. The molecule has 0 amide bonds. The van der Waals surface area contributed by atoms with E-state index in [9.17, 15) is 4.39 Å². The Bertz CT molecular complexity index is 211. The van der Waals surface area contributed by atoms with Crippen LogP contribution < -0.4 is 0 Å². The van der Waals surface area contributed by atoms with Crippen LogP contribution in [0.2, 0.25) is 0 Å². The highest BCUT2D eigenvalue weighted by molar-refractivity contribution is 5.23. The maximum atomic E-state index is 12.1. The molecule has 1 heteroatoms. The maximum Gasteiger partial charge on any atom is 0.115 e. The van der Waals surface area contributed by atoms with Crippen LogP contribution in [0.4, 0.5) is 4.39 Å². The Hall–Kier alpha value is -0.850. The van der Waals surface area contributed by atoms with Crippen molar-refractivity contribution in [3.63, 3.8) is 0 Å². The summed E-state index contributed by atoms with van der Waals surface area (Å²) in [6, 6.07) is 7.66. The minimum absolute atomic E-state index is 0.363. The summed E-state index contributed by atoms with van der Waals surface area (Å²) in [6.45, 7) is 7.90. The molecule has 1 aromatic rings. The zero-order chi connectivity index (χ0) is 10.3. The molecule has 13 heavy (non-hydrogen) atoms. The summed E-state index contributed by atoms with van der Waals surface area (Å²) in [7, 11) is 0. The van der Waals surface area contributed by atoms with E-state index in [0.29, 0.717) is 5.92 Å². The van der Waals surface area contributed by atoms with Crippen LogP contribution in [0.5, 0.6) is 0 Å². The Labute approximate surface area is 80.8 Å². The highest BCUT2D eigenvalue weighted by atomic mass is 19.1. The molecule has 0 heterocycles. The second kappa shape index (κ2) is 6.64. The lowest BCUT2D eigenvalue weighted by molar-refractivity contribution is 0.485. The standard InChI is InChI=1S/C10H13F.C2H6/c1-8(2)10-5-3-9(7-11)4-6-10;1-2/h3-6,8H,7H2,1-2H3;1-2H3. The first kappa shape index (κ1) is 12.2. The fraction of sp³-hybridized carbons (Fsp3) is 0.500. The predicted molar refractivity (Wildman–Crippen MR) is 56.7 cm³/mol. The lowest BCUT2D eigenvalue weighted by atomic mass is 10.0. The molecule has 0 aromatic heterocycles. The molecule has 1 rings (SSSR count). The first-order valence-electron chi connectivity index (χ1n) is 4.89. The van der Waals surface area contributed by atoms with E-state index in [-0.39, 0.29) is 6.67 Å². The van der Waals surface area contributed by atoms with Crippen molar-refractivity contribution in [1.29, 1.82) is 0 Å². The van der Waals surface area contributed by atoms with Gasteiger partial charge in [0.15, 0.2) is 0 Å².